The van der Waals surface area contributed by atoms with Gasteiger partial charge in [0.2, 0.25) is 10.0 Å². The predicted octanol–water partition coefficient (Wildman–Crippen LogP) is 1.45. The van der Waals surface area contributed by atoms with Gasteiger partial charge in [0.15, 0.2) is 0 Å². The fourth-order valence-corrected chi connectivity index (χ4v) is 3.63. The molecular formula is C15H11ClFN3O4S. The molecule has 10 heteroatoms. The molecular weight excluding hydrogens is 373 g/mol. The van der Waals surface area contributed by atoms with Crippen molar-refractivity contribution in [3.8, 4) is 0 Å². The van der Waals surface area contributed by atoms with E-state index in [1.165, 1.54) is 18.3 Å². The third kappa shape index (κ3) is 3.26. The molecule has 7 nitrogen and oxygen atoms in total. The van der Waals surface area contributed by atoms with E-state index in [-0.39, 0.29) is 34.3 Å². The molecule has 1 aliphatic rings. The van der Waals surface area contributed by atoms with Crippen LogP contribution in [0.15, 0.2) is 41.4 Å². The maximum Gasteiger partial charge on any atom is 0.280 e. The fraction of sp³-hybridized carbons (Fsp3) is 0.133. The van der Waals surface area contributed by atoms with Crippen LogP contribution in [0.3, 0.4) is 0 Å². The lowest BCUT2D eigenvalue weighted by Gasteiger charge is -2.14. The number of hydrogen-bond donors (Lipinski definition) is 1. The maximum atomic E-state index is 13.1. The van der Waals surface area contributed by atoms with E-state index in [1.54, 1.807) is 0 Å². The van der Waals surface area contributed by atoms with Gasteiger partial charge in [0.1, 0.15) is 11.5 Å². The second-order valence-electron chi connectivity index (χ2n) is 5.14. The lowest BCUT2D eigenvalue weighted by molar-refractivity contribution is 0.0655. The summed E-state index contributed by atoms with van der Waals surface area (Å²) >= 11 is 5.58. The van der Waals surface area contributed by atoms with E-state index < -0.39 is 27.7 Å². The van der Waals surface area contributed by atoms with Crippen LogP contribution >= 0.6 is 11.6 Å². The number of aromatic nitrogens is 1. The number of halogens is 2. The average Bonchev–Trinajstić information content (AvgIpc) is 2.82. The summed E-state index contributed by atoms with van der Waals surface area (Å²) in [5, 5.41) is -0.325. The summed E-state index contributed by atoms with van der Waals surface area (Å²) in [4.78, 5) is 28.8. The number of carbonyl (C=O) groups excluding carboxylic acids is 2. The van der Waals surface area contributed by atoms with Crippen molar-refractivity contribution in [2.75, 3.05) is 13.1 Å². The molecule has 0 saturated carbocycles. The number of pyridine rings is 1. The molecule has 0 saturated heterocycles. The first-order valence-electron chi connectivity index (χ1n) is 7.07. The van der Waals surface area contributed by atoms with E-state index in [1.807, 2.05) is 0 Å². The summed E-state index contributed by atoms with van der Waals surface area (Å²) in [6.45, 7) is -0.370. The Labute approximate surface area is 147 Å². The van der Waals surface area contributed by atoms with Crippen LogP contribution in [0.5, 0.6) is 0 Å². The van der Waals surface area contributed by atoms with Crippen molar-refractivity contribution in [2.24, 2.45) is 0 Å². The molecule has 1 aromatic heterocycles. The lowest BCUT2D eigenvalue weighted by Crippen LogP contribution is -2.38. The highest BCUT2D eigenvalue weighted by Crippen LogP contribution is 2.21. The molecule has 1 N–H and O–H groups in total. The maximum absolute atomic E-state index is 13.1. The Kier molecular flexibility index (Phi) is 4.55. The van der Waals surface area contributed by atoms with Crippen LogP contribution in [0.1, 0.15) is 20.8 Å². The van der Waals surface area contributed by atoms with Gasteiger partial charge in [-0.1, -0.05) is 11.6 Å². The summed E-state index contributed by atoms with van der Waals surface area (Å²) < 4.78 is 39.7. The molecule has 0 atom stereocenters. The molecule has 0 unspecified atom stereocenters. The summed E-state index contributed by atoms with van der Waals surface area (Å²) in [6.07, 6.45) is 1.40. The number of nitrogens with one attached hydrogen (secondary N) is 1. The van der Waals surface area contributed by atoms with Gasteiger partial charge in [0, 0.05) is 19.3 Å². The quantitative estimate of drug-likeness (QED) is 0.788. The van der Waals surface area contributed by atoms with Crippen molar-refractivity contribution < 1.29 is 22.4 Å². The molecule has 1 aromatic carbocycles. The lowest BCUT2D eigenvalue weighted by atomic mass is 10.2. The van der Waals surface area contributed by atoms with E-state index in [2.05, 4.69) is 9.71 Å². The monoisotopic (exact) mass is 383 g/mol. The zero-order valence-electron chi connectivity index (χ0n) is 12.6. The molecule has 0 spiro atoms. The average molecular weight is 384 g/mol. The minimum atomic E-state index is -3.96. The van der Waals surface area contributed by atoms with Gasteiger partial charge >= 0.3 is 0 Å². The number of hydrogen-bond acceptors (Lipinski definition) is 5. The summed E-state index contributed by atoms with van der Waals surface area (Å²) in [7, 11) is -3.96. The fourth-order valence-electron chi connectivity index (χ4n) is 2.34. The topological polar surface area (TPSA) is 96.4 Å². The number of amides is 2. The highest BCUT2D eigenvalue weighted by molar-refractivity contribution is 7.89. The summed E-state index contributed by atoms with van der Waals surface area (Å²) in [5.41, 5.74) is 0.223. The van der Waals surface area contributed by atoms with Gasteiger partial charge < -0.3 is 0 Å². The van der Waals surface area contributed by atoms with E-state index in [4.69, 9.17) is 11.6 Å². The largest absolute Gasteiger partial charge is 0.280 e. The van der Waals surface area contributed by atoms with Crippen LogP contribution in [-0.2, 0) is 10.0 Å². The van der Waals surface area contributed by atoms with Crippen molar-refractivity contribution in [2.45, 2.75) is 4.90 Å². The molecule has 0 aliphatic carbocycles. The Bertz CT molecular complexity index is 945. The van der Waals surface area contributed by atoms with Crippen LogP contribution < -0.4 is 4.72 Å². The van der Waals surface area contributed by atoms with Gasteiger partial charge in [-0.15, -0.1) is 0 Å². The van der Waals surface area contributed by atoms with Crippen LogP contribution in [0, 0.1) is 5.82 Å². The molecule has 2 aromatic rings. The van der Waals surface area contributed by atoms with Crippen molar-refractivity contribution in [3.63, 3.8) is 0 Å². The molecule has 0 fully saturated rings. The number of rotatable bonds is 5. The second-order valence-corrected chi connectivity index (χ2v) is 7.31. The van der Waals surface area contributed by atoms with Gasteiger partial charge in [0.05, 0.1) is 15.5 Å². The smallest absolute Gasteiger partial charge is 0.272 e. The van der Waals surface area contributed by atoms with Gasteiger partial charge in [-0.3, -0.25) is 19.5 Å². The van der Waals surface area contributed by atoms with Gasteiger partial charge in [-0.2, -0.15) is 0 Å². The first-order chi connectivity index (χ1) is 11.8. The van der Waals surface area contributed by atoms with E-state index in [0.29, 0.717) is 0 Å². The highest BCUT2D eigenvalue weighted by Gasteiger charge is 2.36. The zero-order chi connectivity index (χ0) is 18.2. The molecule has 2 heterocycles. The second kappa shape index (κ2) is 6.51. The van der Waals surface area contributed by atoms with Crippen LogP contribution in [0.2, 0.25) is 5.02 Å². The molecule has 3 rings (SSSR count). The SMILES string of the molecule is O=C1c2cccnc2C(=O)N1CCNS(=O)(=O)c1ccc(F)c(Cl)c1. The number of carbonyl (C=O) groups is 2. The van der Waals surface area contributed by atoms with E-state index in [9.17, 15) is 22.4 Å². The van der Waals surface area contributed by atoms with Gasteiger partial charge in [-0.05, 0) is 30.3 Å². The van der Waals surface area contributed by atoms with Crippen LogP contribution in [0.4, 0.5) is 4.39 Å². The molecule has 2 amide bonds. The molecule has 0 radical (unpaired) electrons. The summed E-state index contributed by atoms with van der Waals surface area (Å²) in [6, 6.07) is 6.00. The molecule has 0 bridgehead atoms. The van der Waals surface area contributed by atoms with Crippen molar-refractivity contribution in [1.82, 2.24) is 14.6 Å². The van der Waals surface area contributed by atoms with Gasteiger partial charge in [0.25, 0.3) is 11.8 Å². The first-order valence-corrected chi connectivity index (χ1v) is 8.93. The van der Waals surface area contributed by atoms with Crippen LogP contribution in [0.25, 0.3) is 0 Å². The number of benzene rings is 1. The standard InChI is InChI=1S/C15H11ClFN3O4S/c16-11-8-9(3-4-12(11)17)25(23,24)19-6-7-20-14(21)10-2-1-5-18-13(10)15(20)22/h1-5,8,19H,6-7H2. The van der Waals surface area contributed by atoms with Crippen LogP contribution in [-0.4, -0.2) is 43.2 Å². The zero-order valence-corrected chi connectivity index (χ0v) is 14.1. The normalized spacial score (nSPS) is 14.1. The highest BCUT2D eigenvalue weighted by atomic mass is 35.5. The molecule has 130 valence electrons. The Balaban J connectivity index is 1.68. The Morgan fingerprint density at radius 3 is 2.64 bits per heavy atom. The van der Waals surface area contributed by atoms with Gasteiger partial charge in [-0.25, -0.2) is 17.5 Å². The van der Waals surface area contributed by atoms with Crippen molar-refractivity contribution in [1.29, 1.82) is 0 Å². The summed E-state index contributed by atoms with van der Waals surface area (Å²) in [5.74, 6) is -1.85. The Hall–Kier alpha value is -2.36. The van der Waals surface area contributed by atoms with E-state index >= 15 is 0 Å². The number of sulfonamides is 1. The first kappa shape index (κ1) is 17.5. The predicted molar refractivity (Wildman–Crippen MR) is 86.2 cm³/mol. The minimum absolute atomic E-state index is 0.0423. The van der Waals surface area contributed by atoms with Crippen molar-refractivity contribution >= 4 is 33.4 Å². The molecule has 25 heavy (non-hydrogen) atoms. The third-order valence-electron chi connectivity index (χ3n) is 3.56. The number of imide groups is 1. The minimum Gasteiger partial charge on any atom is -0.272 e. The number of fused-ring (bicyclic) bond motifs is 1. The van der Waals surface area contributed by atoms with E-state index in [0.717, 1.165) is 23.1 Å². The Morgan fingerprint density at radius 2 is 1.96 bits per heavy atom. The Morgan fingerprint density at radius 1 is 1.20 bits per heavy atom. The number of nitrogens with zero attached hydrogens (tertiary/aromatic N) is 2. The molecule has 1 aliphatic heterocycles. The third-order valence-corrected chi connectivity index (χ3v) is 5.31. The van der Waals surface area contributed by atoms with Crippen molar-refractivity contribution in [3.05, 3.63) is 58.6 Å².